The van der Waals surface area contributed by atoms with Gasteiger partial charge in [0.1, 0.15) is 5.82 Å². The van der Waals surface area contributed by atoms with Gasteiger partial charge in [0.25, 0.3) is 0 Å². The molecule has 0 atom stereocenters. The summed E-state index contributed by atoms with van der Waals surface area (Å²) in [6, 6.07) is 6.01. The van der Waals surface area contributed by atoms with Gasteiger partial charge in [-0.1, -0.05) is 17.3 Å². The van der Waals surface area contributed by atoms with Crippen LogP contribution in [0.25, 0.3) is 0 Å². The van der Waals surface area contributed by atoms with E-state index in [2.05, 4.69) is 20.4 Å². The van der Waals surface area contributed by atoms with Gasteiger partial charge in [-0.3, -0.25) is 4.90 Å². The van der Waals surface area contributed by atoms with Crippen molar-refractivity contribution in [3.05, 3.63) is 47.4 Å². The van der Waals surface area contributed by atoms with Crippen molar-refractivity contribution >= 4 is 6.03 Å². The largest absolute Gasteiger partial charge is 0.340 e. The number of aromatic nitrogens is 2. The zero-order valence-electron chi connectivity index (χ0n) is 13.5. The Hall–Kier alpha value is -2.48. The molecule has 0 bridgehead atoms. The number of amides is 2. The Balaban J connectivity index is 1.42. The van der Waals surface area contributed by atoms with Crippen molar-refractivity contribution in [2.75, 3.05) is 26.2 Å². The lowest BCUT2D eigenvalue weighted by atomic mass is 10.2. The Kier molecular flexibility index (Phi) is 5.05. The molecule has 1 aliphatic heterocycles. The molecule has 1 saturated heterocycles. The molecular formula is C16H20FN5O2. The number of piperazine rings is 1. The normalized spacial score (nSPS) is 15.5. The smallest absolute Gasteiger partial charge is 0.317 e. The van der Waals surface area contributed by atoms with E-state index < -0.39 is 0 Å². The maximum absolute atomic E-state index is 12.9. The van der Waals surface area contributed by atoms with Crippen LogP contribution in [0.15, 0.2) is 28.8 Å². The van der Waals surface area contributed by atoms with Crippen LogP contribution in [0.4, 0.5) is 9.18 Å². The Bertz CT molecular complexity index is 680. The molecule has 1 aromatic carbocycles. The third-order valence-electron chi connectivity index (χ3n) is 3.95. The van der Waals surface area contributed by atoms with E-state index in [-0.39, 0.29) is 11.8 Å². The van der Waals surface area contributed by atoms with Crippen LogP contribution in [0.5, 0.6) is 0 Å². The van der Waals surface area contributed by atoms with E-state index in [1.54, 1.807) is 24.0 Å². The second-order valence-electron chi connectivity index (χ2n) is 5.78. The van der Waals surface area contributed by atoms with E-state index >= 15 is 0 Å². The van der Waals surface area contributed by atoms with Gasteiger partial charge in [-0.25, -0.2) is 9.18 Å². The van der Waals surface area contributed by atoms with Crippen molar-refractivity contribution in [3.63, 3.8) is 0 Å². The van der Waals surface area contributed by atoms with Crippen LogP contribution < -0.4 is 5.32 Å². The maximum atomic E-state index is 12.9. The topological polar surface area (TPSA) is 74.5 Å². The molecule has 2 amide bonds. The van der Waals surface area contributed by atoms with Gasteiger partial charge in [0, 0.05) is 39.6 Å². The van der Waals surface area contributed by atoms with Crippen LogP contribution in [0.1, 0.15) is 17.3 Å². The second-order valence-corrected chi connectivity index (χ2v) is 5.78. The van der Waals surface area contributed by atoms with E-state index in [0.717, 1.165) is 18.7 Å². The lowest BCUT2D eigenvalue weighted by Gasteiger charge is -2.34. The summed E-state index contributed by atoms with van der Waals surface area (Å²) >= 11 is 0. The van der Waals surface area contributed by atoms with Crippen LogP contribution in [-0.4, -0.2) is 52.2 Å². The van der Waals surface area contributed by atoms with Crippen LogP contribution in [-0.2, 0) is 13.1 Å². The highest BCUT2D eigenvalue weighted by atomic mass is 19.1. The number of nitrogens with one attached hydrogen (secondary N) is 1. The van der Waals surface area contributed by atoms with Crippen molar-refractivity contribution in [3.8, 4) is 0 Å². The summed E-state index contributed by atoms with van der Waals surface area (Å²) in [7, 11) is 0. The van der Waals surface area contributed by atoms with E-state index in [4.69, 9.17) is 4.52 Å². The van der Waals surface area contributed by atoms with E-state index in [1.165, 1.54) is 12.1 Å². The fraction of sp³-hybridized carbons (Fsp3) is 0.438. The van der Waals surface area contributed by atoms with E-state index in [0.29, 0.717) is 37.9 Å². The summed E-state index contributed by atoms with van der Waals surface area (Å²) in [5.41, 5.74) is 0.871. The number of nitrogens with zero attached hydrogens (tertiary/aromatic N) is 4. The Morgan fingerprint density at radius 1 is 1.25 bits per heavy atom. The summed E-state index contributed by atoms with van der Waals surface area (Å²) in [6.07, 6.45) is 0. The Morgan fingerprint density at radius 3 is 2.58 bits per heavy atom. The van der Waals surface area contributed by atoms with Gasteiger partial charge in [-0.15, -0.1) is 0 Å². The molecule has 0 aliphatic carbocycles. The zero-order valence-corrected chi connectivity index (χ0v) is 13.5. The van der Waals surface area contributed by atoms with Crippen LogP contribution in [0.2, 0.25) is 0 Å². The fourth-order valence-electron chi connectivity index (χ4n) is 2.61. The quantitative estimate of drug-likeness (QED) is 0.919. The minimum atomic E-state index is -0.280. The summed E-state index contributed by atoms with van der Waals surface area (Å²) in [5, 5.41) is 6.75. The molecule has 8 heteroatoms. The Labute approximate surface area is 139 Å². The average Bonchev–Trinajstić information content (AvgIpc) is 2.99. The molecule has 1 aliphatic rings. The van der Waals surface area contributed by atoms with Gasteiger partial charge in [0.15, 0.2) is 5.82 Å². The van der Waals surface area contributed by atoms with Crippen molar-refractivity contribution in [1.29, 1.82) is 0 Å². The van der Waals surface area contributed by atoms with Gasteiger partial charge in [-0.05, 0) is 17.7 Å². The number of urea groups is 1. The first-order chi connectivity index (χ1) is 11.6. The summed E-state index contributed by atoms with van der Waals surface area (Å²) in [5.74, 6) is 0.948. The molecule has 2 heterocycles. The molecule has 0 saturated carbocycles. The van der Waals surface area contributed by atoms with Crippen LogP contribution in [0, 0.1) is 12.7 Å². The monoisotopic (exact) mass is 333 g/mol. The molecule has 2 aromatic rings. The van der Waals surface area contributed by atoms with Crippen LogP contribution in [0.3, 0.4) is 0 Å². The van der Waals surface area contributed by atoms with Gasteiger partial charge in [-0.2, -0.15) is 4.98 Å². The minimum Gasteiger partial charge on any atom is -0.340 e. The number of aryl methyl sites for hydroxylation is 1. The third-order valence-corrected chi connectivity index (χ3v) is 3.95. The molecule has 0 unspecified atom stereocenters. The fourth-order valence-corrected chi connectivity index (χ4v) is 2.61. The number of carbonyl (C=O) groups is 1. The minimum absolute atomic E-state index is 0.102. The number of hydrogen-bond donors (Lipinski definition) is 1. The summed E-state index contributed by atoms with van der Waals surface area (Å²) in [6.45, 7) is 5.59. The number of benzene rings is 1. The molecule has 24 heavy (non-hydrogen) atoms. The van der Waals surface area contributed by atoms with Crippen molar-refractivity contribution in [1.82, 2.24) is 25.3 Å². The van der Waals surface area contributed by atoms with Crippen molar-refractivity contribution in [2.45, 2.75) is 20.0 Å². The zero-order chi connectivity index (χ0) is 16.9. The number of hydrogen-bond acceptors (Lipinski definition) is 5. The Morgan fingerprint density at radius 2 is 1.96 bits per heavy atom. The van der Waals surface area contributed by atoms with Gasteiger partial charge < -0.3 is 14.7 Å². The summed E-state index contributed by atoms with van der Waals surface area (Å²) in [4.78, 5) is 20.3. The van der Waals surface area contributed by atoms with Gasteiger partial charge in [0.2, 0.25) is 5.89 Å². The van der Waals surface area contributed by atoms with Crippen LogP contribution >= 0.6 is 0 Å². The van der Waals surface area contributed by atoms with Gasteiger partial charge in [0.05, 0.1) is 6.54 Å². The predicted octanol–water partition coefficient (Wildman–Crippen LogP) is 1.54. The van der Waals surface area contributed by atoms with Crippen molar-refractivity contribution in [2.24, 2.45) is 0 Å². The first kappa shape index (κ1) is 16.4. The third kappa shape index (κ3) is 4.29. The summed E-state index contributed by atoms with van der Waals surface area (Å²) < 4.78 is 17.8. The molecule has 3 rings (SSSR count). The van der Waals surface area contributed by atoms with E-state index in [1.807, 2.05) is 0 Å². The highest BCUT2D eigenvalue weighted by molar-refractivity contribution is 5.74. The molecule has 1 N–H and O–H groups in total. The molecule has 1 aromatic heterocycles. The highest BCUT2D eigenvalue weighted by Gasteiger charge is 2.21. The standard InChI is InChI=1S/C16H20FN5O2/c1-12-19-15(20-24-12)11-21-6-8-22(9-7-21)16(23)18-10-13-2-4-14(17)5-3-13/h2-5H,6-11H2,1H3,(H,18,23). The number of rotatable bonds is 4. The molecule has 7 nitrogen and oxygen atoms in total. The molecule has 1 fully saturated rings. The second kappa shape index (κ2) is 7.39. The molecule has 0 spiro atoms. The molecular weight excluding hydrogens is 313 g/mol. The van der Waals surface area contributed by atoms with E-state index in [9.17, 15) is 9.18 Å². The number of carbonyl (C=O) groups excluding carboxylic acids is 1. The predicted molar refractivity (Wildman–Crippen MR) is 84.5 cm³/mol. The van der Waals surface area contributed by atoms with Gasteiger partial charge >= 0.3 is 6.03 Å². The first-order valence-electron chi connectivity index (χ1n) is 7.89. The highest BCUT2D eigenvalue weighted by Crippen LogP contribution is 2.07. The lowest BCUT2D eigenvalue weighted by Crippen LogP contribution is -2.51. The number of halogens is 1. The van der Waals surface area contributed by atoms with Crippen molar-refractivity contribution < 1.29 is 13.7 Å². The molecule has 128 valence electrons. The average molecular weight is 333 g/mol. The molecule has 0 radical (unpaired) electrons. The SMILES string of the molecule is Cc1nc(CN2CCN(C(=O)NCc3ccc(F)cc3)CC2)no1. The first-order valence-corrected chi connectivity index (χ1v) is 7.89. The lowest BCUT2D eigenvalue weighted by molar-refractivity contribution is 0.132. The maximum Gasteiger partial charge on any atom is 0.317 e.